The van der Waals surface area contributed by atoms with Crippen LogP contribution in [0.15, 0.2) is 0 Å². The Hall–Kier alpha value is -0.0900. The zero-order valence-electron chi connectivity index (χ0n) is 8.64. The first-order valence-electron chi connectivity index (χ1n) is 5.17. The number of amides is 1. The molecule has 14 heavy (non-hydrogen) atoms. The van der Waals surface area contributed by atoms with Gasteiger partial charge in [0.1, 0.15) is 6.61 Å². The van der Waals surface area contributed by atoms with Gasteiger partial charge in [0.25, 0.3) is 0 Å². The smallest absolute Gasteiger partial charge is 0.246 e. The quantitative estimate of drug-likeness (QED) is 0.769. The average Bonchev–Trinajstić information content (AvgIpc) is 2.64. The van der Waals surface area contributed by atoms with Crippen LogP contribution in [0.1, 0.15) is 32.6 Å². The van der Waals surface area contributed by atoms with Gasteiger partial charge in [-0.1, -0.05) is 28.8 Å². The fraction of sp³-hybridized carbons (Fsp3) is 0.900. The van der Waals surface area contributed by atoms with E-state index in [0.717, 1.165) is 18.2 Å². The lowest BCUT2D eigenvalue weighted by Gasteiger charge is -2.27. The summed E-state index contributed by atoms with van der Waals surface area (Å²) in [6, 6.07) is 0. The van der Waals surface area contributed by atoms with E-state index in [2.05, 4.69) is 21.2 Å². The number of hydrogen-bond donors (Lipinski definition) is 1. The van der Waals surface area contributed by atoms with E-state index in [-0.39, 0.29) is 18.1 Å². The van der Waals surface area contributed by atoms with Gasteiger partial charge in [-0.05, 0) is 19.8 Å². The van der Waals surface area contributed by atoms with Crippen LogP contribution in [0.4, 0.5) is 0 Å². The zero-order chi connectivity index (χ0) is 10.4. The second-order valence-electron chi connectivity index (χ2n) is 3.81. The van der Waals surface area contributed by atoms with Crippen molar-refractivity contribution in [1.29, 1.82) is 0 Å². The van der Waals surface area contributed by atoms with E-state index in [1.165, 1.54) is 12.8 Å². The second-order valence-corrected chi connectivity index (χ2v) is 4.37. The van der Waals surface area contributed by atoms with Crippen LogP contribution in [0, 0.1) is 0 Å². The summed E-state index contributed by atoms with van der Waals surface area (Å²) in [7, 11) is 0. The first-order valence-corrected chi connectivity index (χ1v) is 6.29. The average molecular weight is 264 g/mol. The monoisotopic (exact) mass is 263 g/mol. The van der Waals surface area contributed by atoms with E-state index in [9.17, 15) is 4.79 Å². The lowest BCUT2D eigenvalue weighted by Crippen LogP contribution is -2.49. The van der Waals surface area contributed by atoms with Crippen molar-refractivity contribution < 1.29 is 9.53 Å². The van der Waals surface area contributed by atoms with Crippen LogP contribution in [0.5, 0.6) is 0 Å². The predicted octanol–water partition coefficient (Wildman–Crippen LogP) is 1.85. The molecule has 1 fully saturated rings. The molecule has 3 nitrogen and oxygen atoms in total. The third kappa shape index (κ3) is 3.24. The van der Waals surface area contributed by atoms with Gasteiger partial charge in [0, 0.05) is 17.5 Å². The highest BCUT2D eigenvalue weighted by atomic mass is 79.9. The molecule has 0 aromatic rings. The number of ether oxygens (including phenoxy) is 1. The third-order valence-corrected chi connectivity index (χ3v) is 3.73. The Labute approximate surface area is 93.7 Å². The highest BCUT2D eigenvalue weighted by molar-refractivity contribution is 9.09. The molecule has 0 atom stereocenters. The minimum Gasteiger partial charge on any atom is -0.372 e. The Balaban J connectivity index is 2.36. The van der Waals surface area contributed by atoms with Crippen LogP contribution in [0.2, 0.25) is 0 Å². The van der Waals surface area contributed by atoms with Crippen molar-refractivity contribution in [1.82, 2.24) is 5.32 Å². The molecule has 82 valence electrons. The fourth-order valence-corrected chi connectivity index (χ4v) is 2.57. The number of nitrogens with one attached hydrogen (secondary N) is 1. The lowest BCUT2D eigenvalue weighted by molar-refractivity contribution is -0.127. The maximum Gasteiger partial charge on any atom is 0.246 e. The van der Waals surface area contributed by atoms with E-state index in [1.54, 1.807) is 0 Å². The van der Waals surface area contributed by atoms with Gasteiger partial charge in [-0.25, -0.2) is 0 Å². The number of carbonyl (C=O) groups excluding carboxylic acids is 1. The molecule has 4 heteroatoms. The van der Waals surface area contributed by atoms with Crippen LogP contribution in [-0.4, -0.2) is 30.0 Å². The van der Waals surface area contributed by atoms with Crippen molar-refractivity contribution in [2.75, 3.05) is 18.5 Å². The fourth-order valence-electron chi connectivity index (χ4n) is 1.87. The van der Waals surface area contributed by atoms with Crippen molar-refractivity contribution in [2.24, 2.45) is 0 Å². The SMILES string of the molecule is CCOCC(=O)NC1(CBr)CCCC1. The topological polar surface area (TPSA) is 38.3 Å². The maximum atomic E-state index is 11.5. The second kappa shape index (κ2) is 5.71. The standard InChI is InChI=1S/C10H18BrNO2/c1-2-14-7-9(13)12-10(8-11)5-3-4-6-10/h2-8H2,1H3,(H,12,13). The van der Waals surface area contributed by atoms with Crippen molar-refractivity contribution >= 4 is 21.8 Å². The summed E-state index contributed by atoms with van der Waals surface area (Å²) in [5.74, 6) is 0.00759. The Morgan fingerprint density at radius 3 is 2.64 bits per heavy atom. The largest absolute Gasteiger partial charge is 0.372 e. The summed E-state index contributed by atoms with van der Waals surface area (Å²) in [6.07, 6.45) is 4.58. The minimum atomic E-state index is -0.00577. The van der Waals surface area contributed by atoms with Crippen molar-refractivity contribution in [2.45, 2.75) is 38.1 Å². The maximum absolute atomic E-state index is 11.5. The summed E-state index contributed by atoms with van der Waals surface area (Å²) in [5.41, 5.74) is -0.00577. The molecule has 1 rings (SSSR count). The van der Waals surface area contributed by atoms with E-state index in [0.29, 0.717) is 6.61 Å². The molecule has 0 saturated heterocycles. The minimum absolute atomic E-state index is 0.00577. The van der Waals surface area contributed by atoms with Gasteiger partial charge >= 0.3 is 0 Å². The highest BCUT2D eigenvalue weighted by Gasteiger charge is 2.33. The van der Waals surface area contributed by atoms with Gasteiger partial charge in [0.05, 0.1) is 0 Å². The molecule has 0 aliphatic heterocycles. The van der Waals surface area contributed by atoms with Gasteiger partial charge in [-0.2, -0.15) is 0 Å². The van der Waals surface area contributed by atoms with Crippen LogP contribution < -0.4 is 5.32 Å². The molecule has 1 amide bonds. The van der Waals surface area contributed by atoms with Gasteiger partial charge in [0.2, 0.25) is 5.91 Å². The van der Waals surface area contributed by atoms with Crippen LogP contribution in [0.25, 0.3) is 0 Å². The van der Waals surface area contributed by atoms with Gasteiger partial charge in [-0.15, -0.1) is 0 Å². The summed E-state index contributed by atoms with van der Waals surface area (Å²) in [5, 5.41) is 3.91. The Kier molecular flexibility index (Phi) is 4.89. The molecular formula is C10H18BrNO2. The number of rotatable bonds is 5. The van der Waals surface area contributed by atoms with Crippen LogP contribution >= 0.6 is 15.9 Å². The van der Waals surface area contributed by atoms with E-state index >= 15 is 0 Å². The Morgan fingerprint density at radius 2 is 2.14 bits per heavy atom. The zero-order valence-corrected chi connectivity index (χ0v) is 10.2. The van der Waals surface area contributed by atoms with Gasteiger partial charge in [-0.3, -0.25) is 4.79 Å². The number of hydrogen-bond acceptors (Lipinski definition) is 2. The van der Waals surface area contributed by atoms with E-state index < -0.39 is 0 Å². The molecule has 0 radical (unpaired) electrons. The summed E-state index contributed by atoms with van der Waals surface area (Å²) in [4.78, 5) is 11.5. The molecule has 1 saturated carbocycles. The van der Waals surface area contributed by atoms with Crippen LogP contribution in [-0.2, 0) is 9.53 Å². The molecule has 1 aliphatic carbocycles. The van der Waals surface area contributed by atoms with Crippen molar-refractivity contribution in [3.63, 3.8) is 0 Å². The molecular weight excluding hydrogens is 246 g/mol. The predicted molar refractivity (Wildman–Crippen MR) is 59.6 cm³/mol. The van der Waals surface area contributed by atoms with E-state index in [4.69, 9.17) is 4.74 Å². The molecule has 1 aliphatic rings. The third-order valence-electron chi connectivity index (χ3n) is 2.66. The molecule has 0 heterocycles. The molecule has 1 N–H and O–H groups in total. The molecule has 0 aromatic carbocycles. The first-order chi connectivity index (χ1) is 6.72. The lowest BCUT2D eigenvalue weighted by atomic mass is 10.0. The Bertz CT molecular complexity index is 191. The molecule has 0 bridgehead atoms. The van der Waals surface area contributed by atoms with Gasteiger partial charge < -0.3 is 10.1 Å². The Morgan fingerprint density at radius 1 is 1.50 bits per heavy atom. The van der Waals surface area contributed by atoms with Crippen molar-refractivity contribution in [3.05, 3.63) is 0 Å². The molecule has 0 unspecified atom stereocenters. The van der Waals surface area contributed by atoms with E-state index in [1.807, 2.05) is 6.92 Å². The normalized spacial score (nSPS) is 19.6. The number of carbonyl (C=O) groups is 1. The number of alkyl halides is 1. The summed E-state index contributed by atoms with van der Waals surface area (Å²) >= 11 is 3.47. The molecule has 0 aromatic heterocycles. The van der Waals surface area contributed by atoms with Crippen molar-refractivity contribution in [3.8, 4) is 0 Å². The summed E-state index contributed by atoms with van der Waals surface area (Å²) in [6.45, 7) is 2.67. The first kappa shape index (κ1) is 12.0. The highest BCUT2D eigenvalue weighted by Crippen LogP contribution is 2.31. The van der Waals surface area contributed by atoms with Gasteiger partial charge in [0.15, 0.2) is 0 Å². The number of halogens is 1. The van der Waals surface area contributed by atoms with Crippen LogP contribution in [0.3, 0.4) is 0 Å². The molecule has 0 spiro atoms. The summed E-state index contributed by atoms with van der Waals surface area (Å²) < 4.78 is 5.07.